The Balaban J connectivity index is 1.72. The summed E-state index contributed by atoms with van der Waals surface area (Å²) in [7, 11) is 0. The van der Waals surface area contributed by atoms with Gasteiger partial charge in [0.2, 0.25) is 5.75 Å². The van der Waals surface area contributed by atoms with Gasteiger partial charge >= 0.3 is 5.97 Å². The van der Waals surface area contributed by atoms with Crippen molar-refractivity contribution in [3.05, 3.63) is 17.7 Å². The SMILES string of the molecule is CCOc1cc(C(=O)OC[C@@H]2CCC[NH+]3CCCC[C@H]23)cc(OCC)c1OCC. The summed E-state index contributed by atoms with van der Waals surface area (Å²) in [6, 6.07) is 4.06. The molecule has 2 fully saturated rings. The van der Waals surface area contributed by atoms with E-state index < -0.39 is 0 Å². The number of carbonyl (C=O) groups is 1. The van der Waals surface area contributed by atoms with Crippen LogP contribution in [0.4, 0.5) is 0 Å². The molecule has 0 spiro atoms. The van der Waals surface area contributed by atoms with E-state index in [1.807, 2.05) is 20.8 Å². The number of hydrogen-bond acceptors (Lipinski definition) is 5. The number of quaternary nitrogens is 1. The summed E-state index contributed by atoms with van der Waals surface area (Å²) in [6.45, 7) is 10.2. The number of hydrogen-bond donors (Lipinski definition) is 1. The lowest BCUT2D eigenvalue weighted by Crippen LogP contribution is -3.18. The van der Waals surface area contributed by atoms with Crippen LogP contribution in [0.1, 0.15) is 63.2 Å². The number of piperidine rings is 2. The first-order chi connectivity index (χ1) is 14.2. The maximum absolute atomic E-state index is 12.8. The maximum Gasteiger partial charge on any atom is 0.338 e. The zero-order valence-corrected chi connectivity index (χ0v) is 18.1. The van der Waals surface area contributed by atoms with Crippen LogP contribution < -0.4 is 19.1 Å². The molecule has 0 amide bonds. The van der Waals surface area contributed by atoms with Crippen LogP contribution in [-0.4, -0.2) is 51.5 Å². The van der Waals surface area contributed by atoms with Crippen LogP contribution in [0.15, 0.2) is 12.1 Å². The predicted molar refractivity (Wildman–Crippen MR) is 111 cm³/mol. The van der Waals surface area contributed by atoms with Crippen LogP contribution in [0, 0.1) is 5.92 Å². The molecule has 1 aromatic rings. The van der Waals surface area contributed by atoms with Gasteiger partial charge in [-0.1, -0.05) is 0 Å². The summed E-state index contributed by atoms with van der Waals surface area (Å²) in [4.78, 5) is 14.6. The van der Waals surface area contributed by atoms with Gasteiger partial charge in [0, 0.05) is 5.92 Å². The minimum absolute atomic E-state index is 0.321. The fourth-order valence-corrected chi connectivity index (χ4v) is 4.75. The summed E-state index contributed by atoms with van der Waals surface area (Å²) in [5.74, 6) is 1.73. The summed E-state index contributed by atoms with van der Waals surface area (Å²) in [5.41, 5.74) is 0.448. The third-order valence-electron chi connectivity index (χ3n) is 6.00. The minimum atomic E-state index is -0.321. The molecule has 0 radical (unpaired) electrons. The maximum atomic E-state index is 12.8. The topological polar surface area (TPSA) is 58.4 Å². The van der Waals surface area contributed by atoms with Crippen molar-refractivity contribution in [2.45, 2.75) is 58.9 Å². The van der Waals surface area contributed by atoms with Gasteiger partial charge < -0.3 is 23.8 Å². The first kappa shape index (κ1) is 21.8. The molecule has 2 aliphatic rings. The zero-order valence-electron chi connectivity index (χ0n) is 18.1. The lowest BCUT2D eigenvalue weighted by Gasteiger charge is -2.40. The molecule has 2 saturated heterocycles. The Morgan fingerprint density at radius 2 is 1.59 bits per heavy atom. The monoisotopic (exact) mass is 406 g/mol. The predicted octanol–water partition coefficient (Wildman–Crippen LogP) is 2.89. The molecular formula is C23H36NO5+. The standard InChI is InChI=1S/C23H35NO5/c1-4-26-20-14-18(15-21(27-5-2)22(20)28-6-3)23(25)29-16-17-10-9-13-24-12-8-7-11-19(17)24/h14-15,17,19H,4-13,16H2,1-3H3/p+1/t17-,19+/m0/s1. The highest BCUT2D eigenvalue weighted by molar-refractivity contribution is 5.91. The molecule has 0 aliphatic carbocycles. The Hall–Kier alpha value is -1.95. The molecule has 29 heavy (non-hydrogen) atoms. The molecule has 6 heteroatoms. The van der Waals surface area contributed by atoms with Gasteiger partial charge in [-0.15, -0.1) is 0 Å². The summed E-state index contributed by atoms with van der Waals surface area (Å²) in [5, 5.41) is 0. The Labute approximate surface area is 174 Å². The number of carbonyl (C=O) groups excluding carboxylic acids is 1. The van der Waals surface area contributed by atoms with Crippen molar-refractivity contribution < 1.29 is 28.6 Å². The van der Waals surface area contributed by atoms with Crippen molar-refractivity contribution in [1.29, 1.82) is 0 Å². The number of esters is 1. The van der Waals surface area contributed by atoms with Crippen molar-refractivity contribution in [2.24, 2.45) is 5.92 Å². The lowest BCUT2D eigenvalue weighted by molar-refractivity contribution is -0.940. The average Bonchev–Trinajstić information content (AvgIpc) is 2.74. The Morgan fingerprint density at radius 1 is 0.931 bits per heavy atom. The van der Waals surface area contributed by atoms with E-state index in [2.05, 4.69) is 0 Å². The second-order valence-electron chi connectivity index (χ2n) is 7.86. The summed E-state index contributed by atoms with van der Waals surface area (Å²) in [6.07, 6.45) is 6.25. The van der Waals surface area contributed by atoms with Crippen molar-refractivity contribution in [2.75, 3.05) is 39.5 Å². The van der Waals surface area contributed by atoms with Gasteiger partial charge in [0.25, 0.3) is 0 Å². The number of rotatable bonds is 9. The van der Waals surface area contributed by atoms with Gasteiger partial charge in [-0.05, 0) is 65.0 Å². The van der Waals surface area contributed by atoms with Gasteiger partial charge in [0.15, 0.2) is 11.5 Å². The number of ether oxygens (including phenoxy) is 4. The van der Waals surface area contributed by atoms with E-state index >= 15 is 0 Å². The van der Waals surface area contributed by atoms with E-state index in [1.54, 1.807) is 17.0 Å². The lowest BCUT2D eigenvalue weighted by atomic mass is 9.84. The van der Waals surface area contributed by atoms with E-state index in [0.717, 1.165) is 6.42 Å². The van der Waals surface area contributed by atoms with E-state index in [9.17, 15) is 4.79 Å². The number of benzene rings is 1. The van der Waals surface area contributed by atoms with E-state index in [0.29, 0.717) is 61.2 Å². The zero-order chi connectivity index (χ0) is 20.6. The molecule has 0 saturated carbocycles. The molecule has 0 aromatic heterocycles. The second-order valence-corrected chi connectivity index (χ2v) is 7.86. The van der Waals surface area contributed by atoms with Gasteiger partial charge in [0.05, 0.1) is 44.5 Å². The molecule has 3 rings (SSSR count). The summed E-state index contributed by atoms with van der Waals surface area (Å²) >= 11 is 0. The summed E-state index contributed by atoms with van der Waals surface area (Å²) < 4.78 is 22.9. The van der Waals surface area contributed by atoms with Crippen molar-refractivity contribution in [3.63, 3.8) is 0 Å². The minimum Gasteiger partial charge on any atom is -0.490 e. The van der Waals surface area contributed by atoms with E-state index in [4.69, 9.17) is 18.9 Å². The third kappa shape index (κ3) is 5.35. The third-order valence-corrected chi connectivity index (χ3v) is 6.00. The Morgan fingerprint density at radius 3 is 2.24 bits per heavy atom. The average molecular weight is 407 g/mol. The molecule has 1 aromatic carbocycles. The molecule has 162 valence electrons. The van der Waals surface area contributed by atoms with E-state index in [-0.39, 0.29) is 5.97 Å². The normalized spacial score (nSPS) is 23.8. The largest absolute Gasteiger partial charge is 0.490 e. The molecular weight excluding hydrogens is 370 g/mol. The molecule has 2 aliphatic heterocycles. The Kier molecular flexibility index (Phi) is 8.04. The Bertz CT molecular complexity index is 648. The first-order valence-electron chi connectivity index (χ1n) is 11.3. The fourth-order valence-electron chi connectivity index (χ4n) is 4.75. The van der Waals surface area contributed by atoms with E-state index in [1.165, 1.54) is 38.8 Å². The number of fused-ring (bicyclic) bond motifs is 1. The molecule has 2 heterocycles. The highest BCUT2D eigenvalue weighted by Crippen LogP contribution is 2.39. The van der Waals surface area contributed by atoms with Crippen molar-refractivity contribution >= 4 is 5.97 Å². The fraction of sp³-hybridized carbons (Fsp3) is 0.696. The van der Waals surface area contributed by atoms with Crippen molar-refractivity contribution in [1.82, 2.24) is 0 Å². The molecule has 1 N–H and O–H groups in total. The first-order valence-corrected chi connectivity index (χ1v) is 11.3. The van der Waals surface area contributed by atoms with Crippen molar-refractivity contribution in [3.8, 4) is 17.2 Å². The van der Waals surface area contributed by atoms with Crippen LogP contribution in [-0.2, 0) is 4.74 Å². The van der Waals surface area contributed by atoms with Crippen LogP contribution in [0.5, 0.6) is 17.2 Å². The molecule has 1 unspecified atom stereocenters. The molecule has 3 atom stereocenters. The van der Waals surface area contributed by atoms with Gasteiger partial charge in [-0.3, -0.25) is 0 Å². The van der Waals surface area contributed by atoms with Crippen LogP contribution in [0.25, 0.3) is 0 Å². The highest BCUT2D eigenvalue weighted by atomic mass is 16.5. The van der Waals surface area contributed by atoms with Gasteiger partial charge in [-0.2, -0.15) is 0 Å². The molecule has 0 bridgehead atoms. The highest BCUT2D eigenvalue weighted by Gasteiger charge is 2.37. The van der Waals surface area contributed by atoms with Gasteiger partial charge in [-0.25, -0.2) is 4.79 Å². The molecule has 6 nitrogen and oxygen atoms in total. The smallest absolute Gasteiger partial charge is 0.338 e. The van der Waals surface area contributed by atoms with Crippen LogP contribution in [0.3, 0.4) is 0 Å². The van der Waals surface area contributed by atoms with Crippen LogP contribution >= 0.6 is 0 Å². The second kappa shape index (κ2) is 10.7. The number of nitrogens with one attached hydrogen (secondary N) is 1. The van der Waals surface area contributed by atoms with Crippen LogP contribution in [0.2, 0.25) is 0 Å². The van der Waals surface area contributed by atoms with Gasteiger partial charge in [0.1, 0.15) is 6.61 Å². The quantitative estimate of drug-likeness (QED) is 0.639.